The zero-order valence-electron chi connectivity index (χ0n) is 11.4. The number of carboxylic acids is 1. The number of carbonyl (C=O) groups excluding carboxylic acids is 1. The van der Waals surface area contributed by atoms with Gasteiger partial charge >= 0.3 is 5.97 Å². The number of aliphatic hydroxyl groups is 1. The SMILES string of the molecule is CC(Oc1ccccc1F)C(=O)N1CC(O)CC1C(=O)O. The van der Waals surface area contributed by atoms with E-state index in [9.17, 15) is 19.1 Å². The molecule has 1 aromatic rings. The van der Waals surface area contributed by atoms with Crippen LogP contribution in [0.15, 0.2) is 24.3 Å². The van der Waals surface area contributed by atoms with E-state index in [-0.39, 0.29) is 18.7 Å². The summed E-state index contributed by atoms with van der Waals surface area (Å²) < 4.78 is 18.7. The molecule has 7 heteroatoms. The summed E-state index contributed by atoms with van der Waals surface area (Å²) in [6.07, 6.45) is -1.95. The summed E-state index contributed by atoms with van der Waals surface area (Å²) in [5.74, 6) is -2.46. The first-order chi connectivity index (χ1) is 9.90. The molecular weight excluding hydrogens is 281 g/mol. The summed E-state index contributed by atoms with van der Waals surface area (Å²) in [4.78, 5) is 24.4. The van der Waals surface area contributed by atoms with Crippen molar-refractivity contribution in [3.63, 3.8) is 0 Å². The molecule has 1 amide bonds. The van der Waals surface area contributed by atoms with Gasteiger partial charge in [-0.1, -0.05) is 12.1 Å². The Morgan fingerprint density at radius 2 is 2.10 bits per heavy atom. The van der Waals surface area contributed by atoms with E-state index in [0.717, 1.165) is 4.90 Å². The highest BCUT2D eigenvalue weighted by molar-refractivity contribution is 5.87. The number of aliphatic carboxylic acids is 1. The van der Waals surface area contributed by atoms with Crippen LogP contribution in [0, 0.1) is 5.82 Å². The predicted octanol–water partition coefficient (Wildman–Crippen LogP) is 0.639. The van der Waals surface area contributed by atoms with Gasteiger partial charge in [-0.05, 0) is 19.1 Å². The largest absolute Gasteiger partial charge is 0.480 e. The van der Waals surface area contributed by atoms with E-state index in [1.54, 1.807) is 6.07 Å². The van der Waals surface area contributed by atoms with Crippen molar-refractivity contribution in [3.05, 3.63) is 30.1 Å². The molecule has 0 spiro atoms. The number of β-amino-alcohol motifs (C(OH)–C–C–N with tert-alkyl or cyclic N) is 1. The summed E-state index contributed by atoms with van der Waals surface area (Å²) in [6.45, 7) is 1.35. The number of amides is 1. The third kappa shape index (κ3) is 3.30. The maximum Gasteiger partial charge on any atom is 0.326 e. The molecule has 0 radical (unpaired) electrons. The van der Waals surface area contributed by atoms with Crippen molar-refractivity contribution in [1.82, 2.24) is 4.90 Å². The number of aliphatic hydroxyl groups excluding tert-OH is 1. The van der Waals surface area contributed by atoms with Gasteiger partial charge in [0.2, 0.25) is 0 Å². The van der Waals surface area contributed by atoms with Gasteiger partial charge in [-0.3, -0.25) is 4.79 Å². The molecule has 1 heterocycles. The molecule has 1 fully saturated rings. The Hall–Kier alpha value is -2.15. The summed E-state index contributed by atoms with van der Waals surface area (Å²) in [5.41, 5.74) is 0. The lowest BCUT2D eigenvalue weighted by Gasteiger charge is -2.25. The summed E-state index contributed by atoms with van der Waals surface area (Å²) in [6, 6.07) is 4.55. The number of carbonyl (C=O) groups is 2. The minimum absolute atomic E-state index is 0.0203. The van der Waals surface area contributed by atoms with Gasteiger partial charge in [-0.2, -0.15) is 0 Å². The molecule has 2 rings (SSSR count). The molecule has 2 N–H and O–H groups in total. The maximum atomic E-state index is 13.5. The standard InChI is InChI=1S/C14H16FNO5/c1-8(21-12-5-3-2-4-10(12)15)13(18)16-7-9(17)6-11(16)14(19)20/h2-5,8-9,11,17H,6-7H2,1H3,(H,19,20). The molecule has 3 atom stereocenters. The minimum atomic E-state index is -1.18. The van der Waals surface area contributed by atoms with Crippen LogP contribution in [-0.4, -0.2) is 51.8 Å². The van der Waals surface area contributed by atoms with Crippen molar-refractivity contribution >= 4 is 11.9 Å². The van der Waals surface area contributed by atoms with Crippen LogP contribution >= 0.6 is 0 Å². The Labute approximate surface area is 120 Å². The molecule has 1 aliphatic rings. The van der Waals surface area contributed by atoms with Crippen LogP contribution in [0.4, 0.5) is 4.39 Å². The van der Waals surface area contributed by atoms with Crippen LogP contribution in [-0.2, 0) is 9.59 Å². The summed E-state index contributed by atoms with van der Waals surface area (Å²) >= 11 is 0. The zero-order chi connectivity index (χ0) is 15.6. The first-order valence-corrected chi connectivity index (χ1v) is 6.52. The Kier molecular flexibility index (Phi) is 4.42. The molecule has 3 unspecified atom stereocenters. The fourth-order valence-corrected chi connectivity index (χ4v) is 2.31. The second-order valence-corrected chi connectivity index (χ2v) is 4.92. The van der Waals surface area contributed by atoms with Crippen LogP contribution in [0.2, 0.25) is 0 Å². The number of rotatable bonds is 4. The van der Waals surface area contributed by atoms with Crippen LogP contribution in [0.25, 0.3) is 0 Å². The molecular formula is C14H16FNO5. The minimum Gasteiger partial charge on any atom is -0.480 e. The van der Waals surface area contributed by atoms with E-state index in [4.69, 9.17) is 9.84 Å². The number of hydrogen-bond acceptors (Lipinski definition) is 4. The molecule has 21 heavy (non-hydrogen) atoms. The van der Waals surface area contributed by atoms with Crippen molar-refractivity contribution in [2.24, 2.45) is 0 Å². The number of likely N-dealkylation sites (tertiary alicyclic amines) is 1. The van der Waals surface area contributed by atoms with Crippen molar-refractivity contribution in [2.45, 2.75) is 31.6 Å². The van der Waals surface area contributed by atoms with Gasteiger partial charge in [-0.25, -0.2) is 9.18 Å². The van der Waals surface area contributed by atoms with E-state index in [2.05, 4.69) is 0 Å². The Balaban J connectivity index is 2.08. The fraction of sp³-hybridized carbons (Fsp3) is 0.429. The van der Waals surface area contributed by atoms with Crippen LogP contribution in [0.1, 0.15) is 13.3 Å². The molecule has 1 saturated heterocycles. The molecule has 114 valence electrons. The molecule has 0 aromatic heterocycles. The smallest absolute Gasteiger partial charge is 0.326 e. The van der Waals surface area contributed by atoms with Gasteiger partial charge in [0, 0.05) is 13.0 Å². The average molecular weight is 297 g/mol. The number of halogens is 1. The normalized spacial score (nSPS) is 22.9. The van der Waals surface area contributed by atoms with E-state index < -0.39 is 35.9 Å². The van der Waals surface area contributed by atoms with E-state index in [1.165, 1.54) is 25.1 Å². The lowest BCUT2D eigenvalue weighted by Crippen LogP contribution is -2.46. The highest BCUT2D eigenvalue weighted by Crippen LogP contribution is 2.22. The second kappa shape index (κ2) is 6.09. The lowest BCUT2D eigenvalue weighted by molar-refractivity contribution is -0.151. The topological polar surface area (TPSA) is 87.1 Å². The van der Waals surface area contributed by atoms with Crippen molar-refractivity contribution in [3.8, 4) is 5.75 Å². The Morgan fingerprint density at radius 3 is 2.71 bits per heavy atom. The fourth-order valence-electron chi connectivity index (χ4n) is 2.31. The molecule has 0 bridgehead atoms. The van der Waals surface area contributed by atoms with Crippen LogP contribution < -0.4 is 4.74 Å². The first kappa shape index (κ1) is 15.2. The van der Waals surface area contributed by atoms with E-state index in [0.29, 0.717) is 0 Å². The van der Waals surface area contributed by atoms with Crippen LogP contribution in [0.5, 0.6) is 5.75 Å². The highest BCUT2D eigenvalue weighted by Gasteiger charge is 2.40. The number of ether oxygens (including phenoxy) is 1. The van der Waals surface area contributed by atoms with Gasteiger partial charge in [0.1, 0.15) is 6.04 Å². The quantitative estimate of drug-likeness (QED) is 0.851. The third-order valence-corrected chi connectivity index (χ3v) is 3.34. The van der Waals surface area contributed by atoms with Gasteiger partial charge in [-0.15, -0.1) is 0 Å². The number of nitrogens with zero attached hydrogens (tertiary/aromatic N) is 1. The van der Waals surface area contributed by atoms with Gasteiger partial charge < -0.3 is 19.8 Å². The van der Waals surface area contributed by atoms with Crippen molar-refractivity contribution < 1.29 is 28.9 Å². The predicted molar refractivity (Wildman–Crippen MR) is 70.3 cm³/mol. The number of hydrogen-bond donors (Lipinski definition) is 2. The van der Waals surface area contributed by atoms with Gasteiger partial charge in [0.05, 0.1) is 6.10 Å². The number of carboxylic acid groups (broad SMARTS) is 1. The van der Waals surface area contributed by atoms with E-state index in [1.807, 2.05) is 0 Å². The van der Waals surface area contributed by atoms with Gasteiger partial charge in [0.25, 0.3) is 5.91 Å². The second-order valence-electron chi connectivity index (χ2n) is 4.92. The molecule has 6 nitrogen and oxygen atoms in total. The zero-order valence-corrected chi connectivity index (χ0v) is 11.4. The van der Waals surface area contributed by atoms with Crippen LogP contribution in [0.3, 0.4) is 0 Å². The Morgan fingerprint density at radius 1 is 1.43 bits per heavy atom. The summed E-state index contributed by atoms with van der Waals surface area (Å²) in [7, 11) is 0. The number of benzene rings is 1. The van der Waals surface area contributed by atoms with Crippen molar-refractivity contribution in [2.75, 3.05) is 6.54 Å². The summed E-state index contributed by atoms with van der Waals surface area (Å²) in [5, 5.41) is 18.6. The monoisotopic (exact) mass is 297 g/mol. The van der Waals surface area contributed by atoms with E-state index >= 15 is 0 Å². The first-order valence-electron chi connectivity index (χ1n) is 6.52. The molecule has 1 aromatic carbocycles. The number of para-hydroxylation sites is 1. The Bertz CT molecular complexity index is 550. The average Bonchev–Trinajstić information content (AvgIpc) is 2.82. The maximum absolute atomic E-state index is 13.5. The lowest BCUT2D eigenvalue weighted by atomic mass is 10.2. The molecule has 0 saturated carbocycles. The molecule has 1 aliphatic heterocycles. The van der Waals surface area contributed by atoms with Gasteiger partial charge in [0.15, 0.2) is 17.7 Å². The third-order valence-electron chi connectivity index (χ3n) is 3.34. The highest BCUT2D eigenvalue weighted by atomic mass is 19.1. The van der Waals surface area contributed by atoms with Crippen molar-refractivity contribution in [1.29, 1.82) is 0 Å². The molecule has 0 aliphatic carbocycles.